The summed E-state index contributed by atoms with van der Waals surface area (Å²) in [5.74, 6) is -7.20. The molecule has 4 rings (SSSR count). The molecule has 5 nitrogen and oxygen atoms in total. The third-order valence-electron chi connectivity index (χ3n) is 4.67. The molecule has 32 heavy (non-hydrogen) atoms. The third kappa shape index (κ3) is 3.68. The van der Waals surface area contributed by atoms with E-state index in [2.05, 4.69) is 0 Å². The number of phenolic OH excluding ortho intramolecular Hbond substituents is 1. The van der Waals surface area contributed by atoms with Gasteiger partial charge in [-0.1, -0.05) is 0 Å². The molecule has 2 aliphatic rings. The number of benzene rings is 3. The highest BCUT2D eigenvalue weighted by Crippen LogP contribution is 2.47. The quantitative estimate of drug-likeness (QED) is 0.132. The topological polar surface area (TPSA) is 87.7 Å². The van der Waals surface area contributed by atoms with Crippen LogP contribution in [0, 0.1) is 31.7 Å². The van der Waals surface area contributed by atoms with Crippen molar-refractivity contribution in [3.63, 3.8) is 0 Å². The SMILES string of the molecule is O=C(O)c1c(-c2c3cc(I)c(=O)c(I)c-3oc3c(I)c(O)c(I)cc23)cc(F)c(F)c1F. The average Bonchev–Trinajstić information content (AvgIpc) is 2.73. The molecule has 0 radical (unpaired) electrons. The number of carboxylic acid groups (broad SMARTS) is 1. The highest BCUT2D eigenvalue weighted by atomic mass is 127. The smallest absolute Gasteiger partial charge is 0.339 e. The predicted molar refractivity (Wildman–Crippen MR) is 144 cm³/mol. The standard InChI is InChI=1S/C20H5F3I4O5/c21-7-1-4(11(20(30)31)13(23)12(7)22)10-5-2-8(24)16(28)14(26)18(5)32-19-6(10)3-9(25)17(29)15(19)27/h1-3,28H,(H,30,31). The first kappa shape index (κ1) is 24.2. The fourth-order valence-electron chi connectivity index (χ4n) is 3.28. The lowest BCUT2D eigenvalue weighted by Gasteiger charge is -2.19. The summed E-state index contributed by atoms with van der Waals surface area (Å²) < 4.78 is 49.8. The number of carbonyl (C=O) groups is 1. The Morgan fingerprint density at radius 3 is 2.19 bits per heavy atom. The van der Waals surface area contributed by atoms with Gasteiger partial charge < -0.3 is 14.6 Å². The molecule has 2 aromatic carbocycles. The van der Waals surface area contributed by atoms with E-state index in [1.54, 1.807) is 45.2 Å². The molecule has 0 aromatic heterocycles. The molecular weight excluding hydrogens is 885 g/mol. The van der Waals surface area contributed by atoms with Crippen molar-refractivity contribution in [1.82, 2.24) is 0 Å². The Bertz CT molecular complexity index is 1520. The van der Waals surface area contributed by atoms with Gasteiger partial charge in [0.05, 0.1) is 10.7 Å². The van der Waals surface area contributed by atoms with Gasteiger partial charge in [-0.25, -0.2) is 18.0 Å². The average molecular weight is 890 g/mol. The van der Waals surface area contributed by atoms with Crippen LogP contribution in [0.2, 0.25) is 0 Å². The first-order valence-corrected chi connectivity index (χ1v) is 12.6. The molecule has 1 heterocycles. The summed E-state index contributed by atoms with van der Waals surface area (Å²) in [6.45, 7) is 0. The van der Waals surface area contributed by atoms with Gasteiger partial charge in [-0.05, 0) is 109 Å². The zero-order chi connectivity index (χ0) is 23.6. The molecule has 0 atom stereocenters. The van der Waals surface area contributed by atoms with Crippen molar-refractivity contribution in [2.75, 3.05) is 0 Å². The van der Waals surface area contributed by atoms with Crippen molar-refractivity contribution in [1.29, 1.82) is 0 Å². The second-order valence-corrected chi connectivity index (χ2v) is 10.9. The van der Waals surface area contributed by atoms with Crippen molar-refractivity contribution >= 4 is 107 Å². The third-order valence-corrected chi connectivity index (χ3v) is 8.27. The molecule has 1 aliphatic carbocycles. The molecule has 12 heteroatoms. The predicted octanol–water partition coefficient (Wildman–Crippen LogP) is 6.80. The Morgan fingerprint density at radius 2 is 1.56 bits per heavy atom. The Kier molecular flexibility index (Phi) is 6.60. The van der Waals surface area contributed by atoms with Crippen molar-refractivity contribution in [2.45, 2.75) is 0 Å². The number of aromatic hydroxyl groups is 1. The Labute approximate surface area is 231 Å². The molecule has 2 aromatic rings. The van der Waals surface area contributed by atoms with Crippen LogP contribution in [0.25, 0.3) is 33.4 Å². The maximum Gasteiger partial charge on any atom is 0.339 e. The minimum atomic E-state index is -1.91. The van der Waals surface area contributed by atoms with Gasteiger partial charge in [0.2, 0.25) is 5.43 Å². The maximum absolute atomic E-state index is 14.6. The fraction of sp³-hybridized carbons (Fsp3) is 0. The van der Waals surface area contributed by atoms with Gasteiger partial charge in [-0.2, -0.15) is 0 Å². The van der Waals surface area contributed by atoms with Crippen molar-refractivity contribution in [3.05, 3.63) is 65.7 Å². The number of carboxylic acids is 1. The van der Waals surface area contributed by atoms with Crippen molar-refractivity contribution in [2.24, 2.45) is 0 Å². The van der Waals surface area contributed by atoms with Crippen molar-refractivity contribution < 1.29 is 32.6 Å². The van der Waals surface area contributed by atoms with E-state index in [4.69, 9.17) is 4.42 Å². The number of fused-ring (bicyclic) bond motifs is 2. The largest absolute Gasteiger partial charge is 0.506 e. The summed E-state index contributed by atoms with van der Waals surface area (Å²) >= 11 is 7.21. The lowest BCUT2D eigenvalue weighted by molar-refractivity contribution is 0.0691. The van der Waals surface area contributed by atoms with E-state index in [0.717, 1.165) is 0 Å². The van der Waals surface area contributed by atoms with Crippen molar-refractivity contribution in [3.8, 4) is 28.2 Å². The van der Waals surface area contributed by atoms with E-state index >= 15 is 0 Å². The fourth-order valence-corrected chi connectivity index (χ4v) is 6.86. The summed E-state index contributed by atoms with van der Waals surface area (Å²) in [7, 11) is 0. The molecule has 0 bridgehead atoms. The zero-order valence-electron chi connectivity index (χ0n) is 15.0. The van der Waals surface area contributed by atoms with Crippen LogP contribution in [0.1, 0.15) is 10.4 Å². The molecule has 164 valence electrons. The van der Waals surface area contributed by atoms with E-state index < -0.39 is 34.5 Å². The number of rotatable bonds is 2. The Morgan fingerprint density at radius 1 is 0.906 bits per heavy atom. The lowest BCUT2D eigenvalue weighted by atomic mass is 9.90. The first-order chi connectivity index (χ1) is 15.0. The van der Waals surface area contributed by atoms with Crippen LogP contribution in [0.4, 0.5) is 13.2 Å². The molecule has 0 fully saturated rings. The van der Waals surface area contributed by atoms with E-state index in [9.17, 15) is 33.0 Å². The van der Waals surface area contributed by atoms with Crippen LogP contribution < -0.4 is 5.43 Å². The van der Waals surface area contributed by atoms with E-state index in [1.165, 1.54) is 12.1 Å². The van der Waals surface area contributed by atoms with Gasteiger partial charge in [-0.15, -0.1) is 0 Å². The highest BCUT2D eigenvalue weighted by Gasteiger charge is 2.31. The normalized spacial score (nSPS) is 11.5. The minimum Gasteiger partial charge on any atom is -0.506 e. The van der Waals surface area contributed by atoms with Gasteiger partial charge in [0.25, 0.3) is 0 Å². The van der Waals surface area contributed by atoms with Gasteiger partial charge in [0.1, 0.15) is 14.9 Å². The van der Waals surface area contributed by atoms with Gasteiger partial charge in [0.15, 0.2) is 28.8 Å². The lowest BCUT2D eigenvalue weighted by Crippen LogP contribution is -2.13. The van der Waals surface area contributed by atoms with Crippen LogP contribution in [-0.4, -0.2) is 16.2 Å². The maximum atomic E-state index is 14.6. The Balaban J connectivity index is 2.38. The number of aromatic carboxylic acids is 1. The highest BCUT2D eigenvalue weighted by molar-refractivity contribution is 14.1. The summed E-state index contributed by atoms with van der Waals surface area (Å²) in [5.41, 5.74) is -1.54. The molecule has 0 unspecified atom stereocenters. The number of hydrogen-bond acceptors (Lipinski definition) is 4. The molecule has 1 aliphatic heterocycles. The van der Waals surface area contributed by atoms with Crippen LogP contribution in [0.5, 0.6) is 5.75 Å². The van der Waals surface area contributed by atoms with Crippen LogP contribution in [-0.2, 0) is 0 Å². The summed E-state index contributed by atoms with van der Waals surface area (Å²) in [6.07, 6.45) is 0. The van der Waals surface area contributed by atoms with Gasteiger partial charge in [0, 0.05) is 22.1 Å². The summed E-state index contributed by atoms with van der Waals surface area (Å²) in [6, 6.07) is 3.48. The van der Waals surface area contributed by atoms with E-state index in [1.807, 2.05) is 45.2 Å². The second kappa shape index (κ2) is 8.71. The first-order valence-electron chi connectivity index (χ1n) is 8.32. The monoisotopic (exact) mass is 890 g/mol. The van der Waals surface area contributed by atoms with Gasteiger partial charge >= 0.3 is 5.97 Å². The molecular formula is C20H5F3I4O5. The van der Waals surface area contributed by atoms with Crippen LogP contribution in [0.15, 0.2) is 27.4 Å². The van der Waals surface area contributed by atoms with Crippen LogP contribution in [0.3, 0.4) is 0 Å². The zero-order valence-corrected chi connectivity index (χ0v) is 23.6. The van der Waals surface area contributed by atoms with E-state index in [-0.39, 0.29) is 49.7 Å². The summed E-state index contributed by atoms with van der Waals surface area (Å²) in [4.78, 5) is 24.4. The minimum absolute atomic E-state index is 0.0307. The van der Waals surface area contributed by atoms with Crippen LogP contribution >= 0.6 is 90.4 Å². The second-order valence-electron chi connectivity index (χ2n) is 6.47. The molecule has 0 saturated heterocycles. The molecule has 0 saturated carbocycles. The molecule has 2 N–H and O–H groups in total. The number of phenols is 1. The van der Waals surface area contributed by atoms with Gasteiger partial charge in [-0.3, -0.25) is 4.79 Å². The van der Waals surface area contributed by atoms with E-state index in [0.29, 0.717) is 9.64 Å². The number of halogens is 7. The number of hydrogen-bond donors (Lipinski definition) is 2. The Hall–Kier alpha value is -0.890. The molecule has 0 amide bonds. The summed E-state index contributed by atoms with van der Waals surface area (Å²) in [5, 5.41) is 20.2. The molecule has 0 spiro atoms.